The Balaban J connectivity index is 2.36. The standard InChI is InChI=1S/C16H32N2O2/c1-13(2)17-16(4,15(19)20-5)10-6-7-11-18-12-8-9-14(18)3/h13-14,17H,6-12H2,1-5H3. The molecule has 1 rings (SSSR count). The molecule has 1 saturated heterocycles. The van der Waals surface area contributed by atoms with E-state index in [-0.39, 0.29) is 12.0 Å². The minimum Gasteiger partial charge on any atom is -0.468 e. The first-order valence-electron chi connectivity index (χ1n) is 7.99. The molecule has 0 amide bonds. The number of rotatable bonds is 8. The molecule has 0 aromatic heterocycles. The van der Waals surface area contributed by atoms with Gasteiger partial charge in [-0.2, -0.15) is 0 Å². The fourth-order valence-corrected chi connectivity index (χ4v) is 3.21. The van der Waals surface area contributed by atoms with Gasteiger partial charge in [-0.05, 0) is 72.9 Å². The Morgan fingerprint density at radius 2 is 2.15 bits per heavy atom. The maximum Gasteiger partial charge on any atom is 0.325 e. The average Bonchev–Trinajstić information content (AvgIpc) is 2.78. The molecule has 0 radical (unpaired) electrons. The Bertz CT molecular complexity index is 307. The molecule has 2 atom stereocenters. The number of carbonyl (C=O) groups excluding carboxylic acids is 1. The van der Waals surface area contributed by atoms with Crippen molar-refractivity contribution < 1.29 is 9.53 Å². The van der Waals surface area contributed by atoms with Gasteiger partial charge in [-0.25, -0.2) is 0 Å². The monoisotopic (exact) mass is 284 g/mol. The molecule has 20 heavy (non-hydrogen) atoms. The van der Waals surface area contributed by atoms with Gasteiger partial charge in [-0.3, -0.25) is 10.1 Å². The number of ether oxygens (including phenoxy) is 1. The first-order chi connectivity index (χ1) is 9.39. The van der Waals surface area contributed by atoms with E-state index in [1.54, 1.807) is 0 Å². The molecule has 1 aliphatic rings. The van der Waals surface area contributed by atoms with Crippen molar-refractivity contribution in [1.82, 2.24) is 10.2 Å². The summed E-state index contributed by atoms with van der Waals surface area (Å²) < 4.78 is 4.95. The number of carbonyl (C=O) groups is 1. The van der Waals surface area contributed by atoms with Crippen LogP contribution in [0.25, 0.3) is 0 Å². The summed E-state index contributed by atoms with van der Waals surface area (Å²) in [5, 5.41) is 3.36. The summed E-state index contributed by atoms with van der Waals surface area (Å²) in [5.41, 5.74) is -0.556. The third-order valence-electron chi connectivity index (χ3n) is 4.31. The third kappa shape index (κ3) is 5.06. The summed E-state index contributed by atoms with van der Waals surface area (Å²) in [7, 11) is 1.47. The molecule has 4 heteroatoms. The number of hydrogen-bond donors (Lipinski definition) is 1. The zero-order valence-electron chi connectivity index (χ0n) is 13.9. The van der Waals surface area contributed by atoms with Crippen molar-refractivity contribution in [3.8, 4) is 0 Å². The first-order valence-corrected chi connectivity index (χ1v) is 7.99. The first kappa shape index (κ1) is 17.4. The van der Waals surface area contributed by atoms with Crippen molar-refractivity contribution in [2.24, 2.45) is 0 Å². The molecule has 0 spiro atoms. The highest BCUT2D eigenvalue weighted by Gasteiger charge is 2.34. The van der Waals surface area contributed by atoms with Crippen LogP contribution in [0.2, 0.25) is 0 Å². The van der Waals surface area contributed by atoms with Crippen LogP contribution in [0, 0.1) is 0 Å². The molecule has 1 fully saturated rings. The molecule has 0 aromatic carbocycles. The van der Waals surface area contributed by atoms with Gasteiger partial charge in [0.05, 0.1) is 7.11 Å². The fourth-order valence-electron chi connectivity index (χ4n) is 3.21. The smallest absolute Gasteiger partial charge is 0.325 e. The number of likely N-dealkylation sites (tertiary alicyclic amines) is 1. The summed E-state index contributed by atoms with van der Waals surface area (Å²) in [5.74, 6) is -0.152. The van der Waals surface area contributed by atoms with E-state index in [1.807, 2.05) is 6.92 Å². The van der Waals surface area contributed by atoms with Crippen LogP contribution in [-0.2, 0) is 9.53 Å². The SMILES string of the molecule is COC(=O)C(C)(CCCCN1CCCC1C)NC(C)C. The number of methoxy groups -OCH3 is 1. The molecular formula is C16H32N2O2. The largest absolute Gasteiger partial charge is 0.468 e. The predicted octanol–water partition coefficient (Wildman–Crippen LogP) is 2.57. The maximum absolute atomic E-state index is 12.0. The van der Waals surface area contributed by atoms with Crippen molar-refractivity contribution >= 4 is 5.97 Å². The van der Waals surface area contributed by atoms with E-state index in [1.165, 1.54) is 26.5 Å². The zero-order valence-corrected chi connectivity index (χ0v) is 13.9. The van der Waals surface area contributed by atoms with Gasteiger partial charge in [-0.1, -0.05) is 0 Å². The lowest BCUT2D eigenvalue weighted by Gasteiger charge is -2.30. The number of nitrogens with one attached hydrogen (secondary N) is 1. The maximum atomic E-state index is 12.0. The Morgan fingerprint density at radius 1 is 1.45 bits per heavy atom. The van der Waals surface area contributed by atoms with E-state index in [9.17, 15) is 4.79 Å². The lowest BCUT2D eigenvalue weighted by atomic mass is 9.93. The van der Waals surface area contributed by atoms with Gasteiger partial charge in [0.1, 0.15) is 5.54 Å². The molecule has 1 N–H and O–H groups in total. The van der Waals surface area contributed by atoms with Gasteiger partial charge in [-0.15, -0.1) is 0 Å². The second-order valence-corrected chi connectivity index (χ2v) is 6.61. The fraction of sp³-hybridized carbons (Fsp3) is 0.938. The summed E-state index contributed by atoms with van der Waals surface area (Å²) in [6.07, 6.45) is 5.69. The van der Waals surface area contributed by atoms with Crippen molar-refractivity contribution in [3.63, 3.8) is 0 Å². The molecule has 1 heterocycles. The molecule has 0 aromatic rings. The highest BCUT2D eigenvalue weighted by molar-refractivity contribution is 5.80. The van der Waals surface area contributed by atoms with Gasteiger partial charge in [0.2, 0.25) is 0 Å². The number of nitrogens with zero attached hydrogens (tertiary/aromatic N) is 1. The predicted molar refractivity (Wildman–Crippen MR) is 82.8 cm³/mol. The topological polar surface area (TPSA) is 41.6 Å². The molecule has 4 nitrogen and oxygen atoms in total. The third-order valence-corrected chi connectivity index (χ3v) is 4.31. The lowest BCUT2D eigenvalue weighted by Crippen LogP contribution is -2.53. The van der Waals surface area contributed by atoms with E-state index in [0.717, 1.165) is 31.8 Å². The van der Waals surface area contributed by atoms with Gasteiger partial charge < -0.3 is 9.64 Å². The Kier molecular flexibility index (Phi) is 6.96. The minimum atomic E-state index is -0.556. The van der Waals surface area contributed by atoms with E-state index >= 15 is 0 Å². The molecular weight excluding hydrogens is 252 g/mol. The van der Waals surface area contributed by atoms with Crippen molar-refractivity contribution in [2.75, 3.05) is 20.2 Å². The van der Waals surface area contributed by atoms with Gasteiger partial charge in [0, 0.05) is 12.1 Å². The van der Waals surface area contributed by atoms with E-state index in [2.05, 4.69) is 31.0 Å². The molecule has 0 aliphatic carbocycles. The van der Waals surface area contributed by atoms with Crippen LogP contribution in [0.3, 0.4) is 0 Å². The zero-order chi connectivity index (χ0) is 15.2. The summed E-state index contributed by atoms with van der Waals surface area (Å²) in [6, 6.07) is 1.01. The van der Waals surface area contributed by atoms with Gasteiger partial charge in [0.15, 0.2) is 0 Å². The minimum absolute atomic E-state index is 0.152. The van der Waals surface area contributed by atoms with Gasteiger partial charge >= 0.3 is 5.97 Å². The average molecular weight is 284 g/mol. The summed E-state index contributed by atoms with van der Waals surface area (Å²) >= 11 is 0. The Hall–Kier alpha value is -0.610. The number of unbranched alkanes of at least 4 members (excludes halogenated alkanes) is 1. The highest BCUT2D eigenvalue weighted by Crippen LogP contribution is 2.20. The highest BCUT2D eigenvalue weighted by atomic mass is 16.5. The van der Waals surface area contributed by atoms with Crippen molar-refractivity contribution in [3.05, 3.63) is 0 Å². The lowest BCUT2D eigenvalue weighted by molar-refractivity contribution is -0.148. The van der Waals surface area contributed by atoms with E-state index < -0.39 is 5.54 Å². The molecule has 1 aliphatic heterocycles. The number of esters is 1. The van der Waals surface area contributed by atoms with Crippen LogP contribution >= 0.6 is 0 Å². The van der Waals surface area contributed by atoms with Crippen LogP contribution in [0.5, 0.6) is 0 Å². The van der Waals surface area contributed by atoms with Crippen LogP contribution in [0.1, 0.15) is 59.8 Å². The second-order valence-electron chi connectivity index (χ2n) is 6.61. The normalized spacial score (nSPS) is 23.0. The van der Waals surface area contributed by atoms with Crippen LogP contribution in [0.4, 0.5) is 0 Å². The van der Waals surface area contributed by atoms with E-state index in [4.69, 9.17) is 4.74 Å². The van der Waals surface area contributed by atoms with Crippen LogP contribution in [-0.4, -0.2) is 48.7 Å². The number of hydrogen-bond acceptors (Lipinski definition) is 4. The second kappa shape index (κ2) is 7.99. The van der Waals surface area contributed by atoms with Crippen LogP contribution in [0.15, 0.2) is 0 Å². The summed E-state index contributed by atoms with van der Waals surface area (Å²) in [6.45, 7) is 10.8. The molecule has 0 bridgehead atoms. The van der Waals surface area contributed by atoms with E-state index in [0.29, 0.717) is 0 Å². The van der Waals surface area contributed by atoms with Crippen LogP contribution < -0.4 is 5.32 Å². The molecule has 2 unspecified atom stereocenters. The summed E-state index contributed by atoms with van der Waals surface area (Å²) in [4.78, 5) is 14.5. The quantitative estimate of drug-likeness (QED) is 0.549. The Labute approximate surface area is 124 Å². The van der Waals surface area contributed by atoms with Gasteiger partial charge in [0.25, 0.3) is 0 Å². The van der Waals surface area contributed by atoms with Crippen molar-refractivity contribution in [2.45, 2.75) is 77.4 Å². The molecule has 0 saturated carbocycles. The Morgan fingerprint density at radius 3 is 2.65 bits per heavy atom. The van der Waals surface area contributed by atoms with Crippen molar-refractivity contribution in [1.29, 1.82) is 0 Å². The molecule has 118 valence electrons.